The fraction of sp³-hybridized carbons (Fsp3) is 1.00. The molecule has 1 rings (SSSR count). The maximum absolute atomic E-state index is 8.67. The molecule has 3 heteroatoms. The molecule has 1 aliphatic carbocycles. The Balaban J connectivity index is 0. The van der Waals surface area contributed by atoms with E-state index in [4.69, 9.17) is 15.3 Å². The Kier molecular flexibility index (Phi) is 44.1. The van der Waals surface area contributed by atoms with Crippen molar-refractivity contribution in [3.8, 4) is 0 Å². The average molecular weight is 585 g/mol. The Morgan fingerprint density at radius 2 is 0.634 bits per heavy atom. The van der Waals surface area contributed by atoms with E-state index in [2.05, 4.69) is 13.8 Å². The molecule has 250 valence electrons. The van der Waals surface area contributed by atoms with Crippen LogP contribution in [0.1, 0.15) is 219 Å². The molecular formula is C38H80O3. The van der Waals surface area contributed by atoms with Crippen LogP contribution in [0, 0.1) is 5.92 Å². The van der Waals surface area contributed by atoms with Gasteiger partial charge in [-0.25, -0.2) is 0 Å². The minimum absolute atomic E-state index is 0.125. The standard InChI is InChI=1S/C18H38O.C18H36.C2H6O2/c1-2-3-4-5-6-7-8-9-10-11-12-13-14-15-16-17-18-19;1-2-3-4-5-6-7-9-12-15-18-16-13-10-8-11-14-17-18;3-1-2-4/h19H,2-18H2,1H3;18H,2-17H2,1H3;3-4H,1-2H2. The number of hydrogen-bond donors (Lipinski definition) is 3. The molecule has 0 aromatic carbocycles. The van der Waals surface area contributed by atoms with Gasteiger partial charge in [-0.1, -0.05) is 213 Å². The lowest BCUT2D eigenvalue weighted by molar-refractivity contribution is 0.186. The summed E-state index contributed by atoms with van der Waals surface area (Å²) in [7, 11) is 0. The van der Waals surface area contributed by atoms with Gasteiger partial charge in [-0.3, -0.25) is 0 Å². The fourth-order valence-corrected chi connectivity index (χ4v) is 6.06. The van der Waals surface area contributed by atoms with Crippen molar-refractivity contribution in [3.05, 3.63) is 0 Å². The van der Waals surface area contributed by atoms with Gasteiger partial charge < -0.3 is 15.3 Å². The van der Waals surface area contributed by atoms with Gasteiger partial charge in [0.1, 0.15) is 0 Å². The van der Waals surface area contributed by atoms with Crippen LogP contribution in [-0.4, -0.2) is 35.1 Å². The highest BCUT2D eigenvalue weighted by molar-refractivity contribution is 4.64. The van der Waals surface area contributed by atoms with Crippen LogP contribution in [0.5, 0.6) is 0 Å². The molecule has 0 atom stereocenters. The van der Waals surface area contributed by atoms with Gasteiger partial charge in [0.15, 0.2) is 0 Å². The topological polar surface area (TPSA) is 60.7 Å². The molecule has 41 heavy (non-hydrogen) atoms. The molecule has 1 fully saturated rings. The molecule has 0 bridgehead atoms. The van der Waals surface area contributed by atoms with Crippen molar-refractivity contribution < 1.29 is 15.3 Å². The third-order valence-electron chi connectivity index (χ3n) is 8.80. The van der Waals surface area contributed by atoms with Crippen LogP contribution >= 0.6 is 0 Å². The maximum Gasteiger partial charge on any atom is 0.0662 e. The predicted octanol–water partition coefficient (Wildman–Crippen LogP) is 12.1. The third kappa shape index (κ3) is 42.1. The summed E-state index contributed by atoms with van der Waals surface area (Å²) in [6, 6.07) is 0. The summed E-state index contributed by atoms with van der Waals surface area (Å²) in [6.45, 7) is 4.71. The summed E-state index contributed by atoms with van der Waals surface area (Å²) >= 11 is 0. The quantitative estimate of drug-likeness (QED) is 0.0886. The van der Waals surface area contributed by atoms with Crippen LogP contribution in [0.3, 0.4) is 0 Å². The Labute approximate surface area is 260 Å². The van der Waals surface area contributed by atoms with Gasteiger partial charge >= 0.3 is 0 Å². The average Bonchev–Trinajstić information content (AvgIpc) is 2.98. The van der Waals surface area contributed by atoms with Crippen molar-refractivity contribution in [1.29, 1.82) is 0 Å². The van der Waals surface area contributed by atoms with Crippen molar-refractivity contribution >= 4 is 0 Å². The van der Waals surface area contributed by atoms with E-state index in [0.717, 1.165) is 12.3 Å². The van der Waals surface area contributed by atoms with E-state index < -0.39 is 0 Å². The molecule has 1 saturated carbocycles. The molecule has 0 spiro atoms. The molecule has 1 aliphatic rings. The molecule has 3 N–H and O–H groups in total. The van der Waals surface area contributed by atoms with Crippen LogP contribution in [0.2, 0.25) is 0 Å². The summed E-state index contributed by atoms with van der Waals surface area (Å²) in [6.07, 6.45) is 46.1. The first-order valence-electron chi connectivity index (χ1n) is 19.1. The molecular weight excluding hydrogens is 504 g/mol. The van der Waals surface area contributed by atoms with Gasteiger partial charge in [-0.15, -0.1) is 0 Å². The Hall–Kier alpha value is -0.120. The van der Waals surface area contributed by atoms with E-state index in [1.807, 2.05) is 0 Å². The fourth-order valence-electron chi connectivity index (χ4n) is 6.06. The number of unbranched alkanes of at least 4 members (excludes halogenated alkanes) is 22. The van der Waals surface area contributed by atoms with E-state index in [1.165, 1.54) is 199 Å². The highest BCUT2D eigenvalue weighted by Gasteiger charge is 2.10. The predicted molar refractivity (Wildman–Crippen MR) is 184 cm³/mol. The van der Waals surface area contributed by atoms with Gasteiger partial charge in [0, 0.05) is 6.61 Å². The molecule has 0 saturated heterocycles. The second-order valence-electron chi connectivity index (χ2n) is 12.9. The Bertz CT molecular complexity index is 388. The second kappa shape index (κ2) is 42.0. The van der Waals surface area contributed by atoms with E-state index in [9.17, 15) is 0 Å². The molecule has 0 aliphatic heterocycles. The molecule has 0 aromatic rings. The van der Waals surface area contributed by atoms with E-state index in [-0.39, 0.29) is 13.2 Å². The normalized spacial score (nSPS) is 14.0. The van der Waals surface area contributed by atoms with Crippen molar-refractivity contribution in [2.75, 3.05) is 19.8 Å². The lowest BCUT2D eigenvalue weighted by Gasteiger charge is -2.19. The maximum atomic E-state index is 8.67. The van der Waals surface area contributed by atoms with Gasteiger partial charge in [0.05, 0.1) is 13.2 Å². The summed E-state index contributed by atoms with van der Waals surface area (Å²) in [4.78, 5) is 0. The first-order valence-corrected chi connectivity index (χ1v) is 19.1. The number of aliphatic hydroxyl groups is 3. The summed E-state index contributed by atoms with van der Waals surface area (Å²) in [5.41, 5.74) is 0. The number of rotatable bonds is 26. The highest BCUT2D eigenvalue weighted by Crippen LogP contribution is 2.26. The SMILES string of the molecule is CCCCCCCCCCC1CCCCCCC1.CCCCCCCCCCCCCCCCCCO.OCCO. The lowest BCUT2D eigenvalue weighted by Crippen LogP contribution is -2.03. The van der Waals surface area contributed by atoms with Gasteiger partial charge in [-0.05, 0) is 12.3 Å². The van der Waals surface area contributed by atoms with Crippen LogP contribution in [-0.2, 0) is 0 Å². The molecule has 0 unspecified atom stereocenters. The van der Waals surface area contributed by atoms with Gasteiger partial charge in [-0.2, -0.15) is 0 Å². The molecule has 0 heterocycles. The highest BCUT2D eigenvalue weighted by atomic mass is 16.3. The van der Waals surface area contributed by atoms with Crippen molar-refractivity contribution in [2.45, 2.75) is 219 Å². The third-order valence-corrected chi connectivity index (χ3v) is 8.80. The van der Waals surface area contributed by atoms with Crippen LogP contribution in [0.15, 0.2) is 0 Å². The monoisotopic (exact) mass is 585 g/mol. The van der Waals surface area contributed by atoms with Crippen LogP contribution in [0.25, 0.3) is 0 Å². The summed E-state index contributed by atoms with van der Waals surface area (Å²) in [5.74, 6) is 1.09. The first-order chi connectivity index (χ1) is 20.3. The van der Waals surface area contributed by atoms with Gasteiger partial charge in [0.2, 0.25) is 0 Å². The molecule has 0 amide bonds. The zero-order valence-corrected chi connectivity index (χ0v) is 28.7. The van der Waals surface area contributed by atoms with Crippen molar-refractivity contribution in [3.63, 3.8) is 0 Å². The summed E-state index contributed by atoms with van der Waals surface area (Å²) < 4.78 is 0. The van der Waals surface area contributed by atoms with Crippen LogP contribution in [0.4, 0.5) is 0 Å². The van der Waals surface area contributed by atoms with E-state index in [0.29, 0.717) is 6.61 Å². The minimum Gasteiger partial charge on any atom is -0.396 e. The zero-order valence-electron chi connectivity index (χ0n) is 28.7. The molecule has 3 nitrogen and oxygen atoms in total. The van der Waals surface area contributed by atoms with Crippen LogP contribution < -0.4 is 0 Å². The Morgan fingerprint density at radius 1 is 0.341 bits per heavy atom. The van der Waals surface area contributed by atoms with Crippen molar-refractivity contribution in [2.24, 2.45) is 5.92 Å². The largest absolute Gasteiger partial charge is 0.396 e. The smallest absolute Gasteiger partial charge is 0.0662 e. The molecule has 0 radical (unpaired) electrons. The first kappa shape index (κ1) is 43.0. The number of hydrogen-bond acceptors (Lipinski definition) is 3. The lowest BCUT2D eigenvalue weighted by atomic mass is 9.87. The number of aliphatic hydroxyl groups excluding tert-OH is 3. The van der Waals surface area contributed by atoms with Crippen molar-refractivity contribution in [1.82, 2.24) is 0 Å². The molecule has 0 aromatic heterocycles. The van der Waals surface area contributed by atoms with Gasteiger partial charge in [0.25, 0.3) is 0 Å². The van der Waals surface area contributed by atoms with E-state index in [1.54, 1.807) is 0 Å². The second-order valence-corrected chi connectivity index (χ2v) is 12.9. The van der Waals surface area contributed by atoms with E-state index >= 15 is 0 Å². The minimum atomic E-state index is -0.125. The summed E-state index contributed by atoms with van der Waals surface area (Å²) in [5, 5.41) is 23.9. The Morgan fingerprint density at radius 3 is 0.951 bits per heavy atom. The zero-order chi connectivity index (χ0) is 30.3.